The van der Waals surface area contributed by atoms with Gasteiger partial charge in [-0.25, -0.2) is 4.79 Å². The molecule has 0 aliphatic heterocycles. The monoisotopic (exact) mass is 319 g/mol. The molecule has 6 heteroatoms. The fourth-order valence-corrected chi connectivity index (χ4v) is 2.53. The van der Waals surface area contributed by atoms with Crippen LogP contribution in [-0.4, -0.2) is 23.6 Å². The van der Waals surface area contributed by atoms with Crippen LogP contribution in [0.15, 0.2) is 36.4 Å². The number of carboxylic acids is 1. The lowest BCUT2D eigenvalue weighted by molar-refractivity contribution is 0.0702. The standard InChI is InChI=1S/C16H17NO4S/c1-2-9-21-12-5-3-11(4-6-12)10-17-15(18)13-7-8-14(22-13)16(19)20/h3-8H,2,9-10H2,1H3,(H,17,18)(H,19,20). The quantitative estimate of drug-likeness (QED) is 0.822. The Morgan fingerprint density at radius 3 is 2.41 bits per heavy atom. The molecule has 0 atom stereocenters. The molecular formula is C16H17NO4S. The maximum absolute atomic E-state index is 11.9. The molecule has 1 aromatic carbocycles. The Kier molecular flexibility index (Phi) is 5.55. The summed E-state index contributed by atoms with van der Waals surface area (Å²) in [4.78, 5) is 23.3. The van der Waals surface area contributed by atoms with E-state index in [1.54, 1.807) is 0 Å². The number of carbonyl (C=O) groups is 2. The Bertz CT molecular complexity index is 648. The molecule has 1 aromatic heterocycles. The summed E-state index contributed by atoms with van der Waals surface area (Å²) >= 11 is 0.964. The lowest BCUT2D eigenvalue weighted by atomic mass is 10.2. The van der Waals surface area contributed by atoms with E-state index >= 15 is 0 Å². The Labute approximate surface area is 132 Å². The van der Waals surface area contributed by atoms with E-state index in [2.05, 4.69) is 5.32 Å². The maximum atomic E-state index is 11.9. The minimum absolute atomic E-state index is 0.155. The van der Waals surface area contributed by atoms with E-state index in [4.69, 9.17) is 9.84 Å². The second-order valence-electron chi connectivity index (χ2n) is 4.64. The van der Waals surface area contributed by atoms with Gasteiger partial charge in [0, 0.05) is 6.54 Å². The number of amides is 1. The zero-order valence-electron chi connectivity index (χ0n) is 12.2. The second kappa shape index (κ2) is 7.61. The zero-order valence-corrected chi connectivity index (χ0v) is 13.0. The first-order valence-electron chi connectivity index (χ1n) is 6.93. The van der Waals surface area contributed by atoms with Crippen molar-refractivity contribution in [2.75, 3.05) is 6.61 Å². The van der Waals surface area contributed by atoms with Gasteiger partial charge in [-0.2, -0.15) is 0 Å². The normalized spacial score (nSPS) is 10.2. The molecule has 2 rings (SSSR count). The van der Waals surface area contributed by atoms with Gasteiger partial charge in [0.05, 0.1) is 11.5 Å². The molecule has 0 saturated carbocycles. The summed E-state index contributed by atoms with van der Waals surface area (Å²) in [6, 6.07) is 10.5. The predicted molar refractivity (Wildman–Crippen MR) is 84.7 cm³/mol. The smallest absolute Gasteiger partial charge is 0.345 e. The first-order valence-corrected chi connectivity index (χ1v) is 7.75. The van der Waals surface area contributed by atoms with Crippen LogP contribution in [0.1, 0.15) is 38.3 Å². The van der Waals surface area contributed by atoms with Crippen LogP contribution in [-0.2, 0) is 6.54 Å². The van der Waals surface area contributed by atoms with Gasteiger partial charge in [0.15, 0.2) is 0 Å². The summed E-state index contributed by atoms with van der Waals surface area (Å²) < 4.78 is 5.49. The van der Waals surface area contributed by atoms with E-state index in [1.807, 2.05) is 31.2 Å². The van der Waals surface area contributed by atoms with Crippen molar-refractivity contribution in [2.24, 2.45) is 0 Å². The number of nitrogens with one attached hydrogen (secondary N) is 1. The molecule has 5 nitrogen and oxygen atoms in total. The summed E-state index contributed by atoms with van der Waals surface area (Å²) in [6.07, 6.45) is 0.955. The first kappa shape index (κ1) is 16.0. The van der Waals surface area contributed by atoms with Gasteiger partial charge in [0.1, 0.15) is 10.6 Å². The summed E-state index contributed by atoms with van der Waals surface area (Å²) in [5.74, 6) is -0.489. The molecule has 2 aromatic rings. The number of benzene rings is 1. The molecular weight excluding hydrogens is 302 g/mol. The Hall–Kier alpha value is -2.34. The van der Waals surface area contributed by atoms with Crippen LogP contribution >= 0.6 is 11.3 Å². The summed E-state index contributed by atoms with van der Waals surface area (Å²) in [6.45, 7) is 3.11. The number of carbonyl (C=O) groups excluding carboxylic acids is 1. The lowest BCUT2D eigenvalue weighted by Gasteiger charge is -2.07. The number of aromatic carboxylic acids is 1. The van der Waals surface area contributed by atoms with Crippen molar-refractivity contribution in [1.29, 1.82) is 0 Å². The highest BCUT2D eigenvalue weighted by Gasteiger charge is 2.12. The van der Waals surface area contributed by atoms with Crippen LogP contribution in [0.5, 0.6) is 5.75 Å². The lowest BCUT2D eigenvalue weighted by Crippen LogP contribution is -2.21. The van der Waals surface area contributed by atoms with Gasteiger partial charge >= 0.3 is 5.97 Å². The van der Waals surface area contributed by atoms with Crippen LogP contribution in [0.3, 0.4) is 0 Å². The fraction of sp³-hybridized carbons (Fsp3) is 0.250. The van der Waals surface area contributed by atoms with E-state index in [9.17, 15) is 9.59 Å². The van der Waals surface area contributed by atoms with Crippen molar-refractivity contribution in [1.82, 2.24) is 5.32 Å². The van der Waals surface area contributed by atoms with Crippen LogP contribution in [0.2, 0.25) is 0 Å². The average Bonchev–Trinajstić information content (AvgIpc) is 3.02. The van der Waals surface area contributed by atoms with E-state index in [-0.39, 0.29) is 10.8 Å². The van der Waals surface area contributed by atoms with Crippen molar-refractivity contribution in [2.45, 2.75) is 19.9 Å². The molecule has 22 heavy (non-hydrogen) atoms. The molecule has 0 aliphatic rings. The Morgan fingerprint density at radius 1 is 1.14 bits per heavy atom. The van der Waals surface area contributed by atoms with Gasteiger partial charge in [0.25, 0.3) is 5.91 Å². The molecule has 1 amide bonds. The van der Waals surface area contributed by atoms with Crippen molar-refractivity contribution < 1.29 is 19.4 Å². The number of rotatable bonds is 7. The molecule has 0 aliphatic carbocycles. The van der Waals surface area contributed by atoms with E-state index in [0.717, 1.165) is 29.1 Å². The van der Waals surface area contributed by atoms with E-state index < -0.39 is 5.97 Å². The number of hydrogen-bond donors (Lipinski definition) is 2. The van der Waals surface area contributed by atoms with Crippen molar-refractivity contribution in [3.05, 3.63) is 51.7 Å². The molecule has 116 valence electrons. The molecule has 0 fully saturated rings. The fourth-order valence-electron chi connectivity index (χ4n) is 1.77. The van der Waals surface area contributed by atoms with Crippen LogP contribution in [0, 0.1) is 0 Å². The number of ether oxygens (including phenoxy) is 1. The highest BCUT2D eigenvalue weighted by Crippen LogP contribution is 2.17. The van der Waals surface area contributed by atoms with Crippen molar-refractivity contribution >= 4 is 23.2 Å². The largest absolute Gasteiger partial charge is 0.494 e. The van der Waals surface area contributed by atoms with E-state index in [0.29, 0.717) is 18.0 Å². The van der Waals surface area contributed by atoms with Gasteiger partial charge in [-0.3, -0.25) is 4.79 Å². The highest BCUT2D eigenvalue weighted by atomic mass is 32.1. The Morgan fingerprint density at radius 2 is 1.82 bits per heavy atom. The molecule has 2 N–H and O–H groups in total. The second-order valence-corrected chi connectivity index (χ2v) is 5.73. The molecule has 1 heterocycles. The van der Waals surface area contributed by atoms with Gasteiger partial charge < -0.3 is 15.2 Å². The predicted octanol–water partition coefficient (Wildman–Crippen LogP) is 3.17. The third-order valence-corrected chi connectivity index (χ3v) is 3.96. The number of thiophene rings is 1. The molecule has 0 unspecified atom stereocenters. The SMILES string of the molecule is CCCOc1ccc(CNC(=O)c2ccc(C(=O)O)s2)cc1. The van der Waals surface area contributed by atoms with Gasteiger partial charge in [-0.15, -0.1) is 11.3 Å². The highest BCUT2D eigenvalue weighted by molar-refractivity contribution is 7.15. The summed E-state index contributed by atoms with van der Waals surface area (Å²) in [7, 11) is 0. The van der Waals surface area contributed by atoms with Crippen molar-refractivity contribution in [3.63, 3.8) is 0 Å². The Balaban J connectivity index is 1.88. The molecule has 0 bridgehead atoms. The van der Waals surface area contributed by atoms with Gasteiger partial charge in [0.2, 0.25) is 0 Å². The van der Waals surface area contributed by atoms with Crippen LogP contribution in [0.25, 0.3) is 0 Å². The van der Waals surface area contributed by atoms with Gasteiger partial charge in [-0.1, -0.05) is 19.1 Å². The molecule has 0 saturated heterocycles. The zero-order chi connectivity index (χ0) is 15.9. The minimum Gasteiger partial charge on any atom is -0.494 e. The van der Waals surface area contributed by atoms with Crippen molar-refractivity contribution in [3.8, 4) is 5.75 Å². The molecule has 0 radical (unpaired) electrons. The minimum atomic E-state index is -1.02. The maximum Gasteiger partial charge on any atom is 0.345 e. The van der Waals surface area contributed by atoms with E-state index in [1.165, 1.54) is 12.1 Å². The first-order chi connectivity index (χ1) is 10.6. The molecule has 0 spiro atoms. The van der Waals surface area contributed by atoms with Gasteiger partial charge in [-0.05, 0) is 36.2 Å². The third-order valence-electron chi connectivity index (χ3n) is 2.89. The summed E-state index contributed by atoms with van der Waals surface area (Å²) in [5.41, 5.74) is 0.951. The van der Waals surface area contributed by atoms with Crippen LogP contribution in [0.4, 0.5) is 0 Å². The number of carboxylic acid groups (broad SMARTS) is 1. The van der Waals surface area contributed by atoms with Crippen LogP contribution < -0.4 is 10.1 Å². The topological polar surface area (TPSA) is 75.6 Å². The average molecular weight is 319 g/mol. The number of hydrogen-bond acceptors (Lipinski definition) is 4. The summed E-state index contributed by atoms with van der Waals surface area (Å²) in [5, 5.41) is 11.6. The third kappa shape index (κ3) is 4.33.